The first-order valence-electron chi connectivity index (χ1n) is 5.33. The van der Waals surface area contributed by atoms with Gasteiger partial charge in [-0.25, -0.2) is 0 Å². The Bertz CT molecular complexity index is 401. The van der Waals surface area contributed by atoms with Crippen molar-refractivity contribution in [3.05, 3.63) is 35.9 Å². The quantitative estimate of drug-likeness (QED) is 0.776. The molecule has 3 nitrogen and oxygen atoms in total. The van der Waals surface area contributed by atoms with E-state index in [4.69, 9.17) is 18.0 Å². The number of hydrogen-bond acceptors (Lipinski definition) is 2. The maximum atomic E-state index is 11.9. The molecule has 84 valence electrons. The van der Waals surface area contributed by atoms with Gasteiger partial charge in [0.15, 0.2) is 0 Å². The summed E-state index contributed by atoms with van der Waals surface area (Å²) in [6, 6.07) is 8.95. The van der Waals surface area contributed by atoms with Crippen LogP contribution in [-0.2, 0) is 0 Å². The number of nitrogens with one attached hydrogen (secondary N) is 1. The lowest BCUT2D eigenvalue weighted by Crippen LogP contribution is -2.45. The van der Waals surface area contributed by atoms with Gasteiger partial charge in [0.1, 0.15) is 0 Å². The van der Waals surface area contributed by atoms with Gasteiger partial charge in [-0.1, -0.05) is 30.4 Å². The Kier molecular flexibility index (Phi) is 3.19. The van der Waals surface area contributed by atoms with Gasteiger partial charge in [0.05, 0.1) is 11.0 Å². The predicted octanol–water partition coefficient (Wildman–Crippen LogP) is 1.48. The molecule has 1 aromatic carbocycles. The first-order valence-corrected chi connectivity index (χ1v) is 5.74. The van der Waals surface area contributed by atoms with E-state index in [9.17, 15) is 4.79 Å². The van der Waals surface area contributed by atoms with Crippen LogP contribution in [0.5, 0.6) is 0 Å². The fourth-order valence-corrected chi connectivity index (χ4v) is 1.92. The second kappa shape index (κ2) is 4.61. The van der Waals surface area contributed by atoms with Crippen molar-refractivity contribution in [2.75, 3.05) is 0 Å². The van der Waals surface area contributed by atoms with Gasteiger partial charge < -0.3 is 11.1 Å². The van der Waals surface area contributed by atoms with E-state index < -0.39 is 0 Å². The van der Waals surface area contributed by atoms with Crippen molar-refractivity contribution in [2.24, 2.45) is 11.7 Å². The van der Waals surface area contributed by atoms with Gasteiger partial charge in [-0.15, -0.1) is 0 Å². The lowest BCUT2D eigenvalue weighted by Gasteiger charge is -2.16. The molecule has 1 amide bonds. The highest BCUT2D eigenvalue weighted by atomic mass is 32.1. The van der Waals surface area contributed by atoms with Crippen LogP contribution in [0.25, 0.3) is 0 Å². The topological polar surface area (TPSA) is 55.1 Å². The lowest BCUT2D eigenvalue weighted by atomic mass is 10.1. The summed E-state index contributed by atoms with van der Waals surface area (Å²) in [6.45, 7) is 0. The number of hydrogen-bond donors (Lipinski definition) is 2. The minimum absolute atomic E-state index is 0.106. The zero-order chi connectivity index (χ0) is 11.5. The molecule has 0 spiro atoms. The molecular weight excluding hydrogens is 220 g/mol. The van der Waals surface area contributed by atoms with Crippen molar-refractivity contribution in [1.29, 1.82) is 0 Å². The molecule has 1 aliphatic carbocycles. The van der Waals surface area contributed by atoms with Gasteiger partial charge in [0.25, 0.3) is 5.91 Å². The second-order valence-corrected chi connectivity index (χ2v) is 4.53. The molecule has 1 atom stereocenters. The summed E-state index contributed by atoms with van der Waals surface area (Å²) in [5, 5.41) is 2.89. The fourth-order valence-electron chi connectivity index (χ4n) is 1.66. The maximum absolute atomic E-state index is 11.9. The summed E-state index contributed by atoms with van der Waals surface area (Å²) in [7, 11) is 0. The van der Waals surface area contributed by atoms with Gasteiger partial charge in [-0.2, -0.15) is 0 Å². The average Bonchev–Trinajstić information content (AvgIpc) is 3.10. The minimum Gasteiger partial charge on any atom is -0.392 e. The largest absolute Gasteiger partial charge is 0.392 e. The fraction of sp³-hybridized carbons (Fsp3) is 0.333. The van der Waals surface area contributed by atoms with Crippen molar-refractivity contribution in [3.63, 3.8) is 0 Å². The second-order valence-electron chi connectivity index (χ2n) is 4.06. The molecule has 0 aliphatic heterocycles. The van der Waals surface area contributed by atoms with Gasteiger partial charge in [0.2, 0.25) is 0 Å². The zero-order valence-electron chi connectivity index (χ0n) is 8.85. The maximum Gasteiger partial charge on any atom is 0.251 e. The summed E-state index contributed by atoms with van der Waals surface area (Å²) in [5.74, 6) is 0.329. The Hall–Kier alpha value is -1.42. The molecule has 16 heavy (non-hydrogen) atoms. The van der Waals surface area contributed by atoms with Gasteiger partial charge >= 0.3 is 0 Å². The van der Waals surface area contributed by atoms with Crippen LogP contribution in [0.1, 0.15) is 23.2 Å². The smallest absolute Gasteiger partial charge is 0.251 e. The van der Waals surface area contributed by atoms with Crippen LogP contribution < -0.4 is 11.1 Å². The Morgan fingerprint density at radius 3 is 2.50 bits per heavy atom. The molecule has 0 bridgehead atoms. The number of carbonyl (C=O) groups excluding carboxylic acids is 1. The summed E-state index contributed by atoms with van der Waals surface area (Å²) >= 11 is 4.96. The molecule has 0 unspecified atom stereocenters. The normalized spacial score (nSPS) is 16.5. The standard InChI is InChI=1S/C12H14N2OS/c13-11(16)10(8-6-7-8)14-12(15)9-4-2-1-3-5-9/h1-5,8,10H,6-7H2,(H2,13,16)(H,14,15)/t10-/m1/s1. The first kappa shape index (κ1) is 11.1. The van der Waals surface area contributed by atoms with Gasteiger partial charge in [0, 0.05) is 5.56 Å². The summed E-state index contributed by atoms with van der Waals surface area (Å²) in [6.07, 6.45) is 2.19. The van der Waals surface area contributed by atoms with E-state index in [1.165, 1.54) is 0 Å². The SMILES string of the molecule is NC(=S)[C@H](NC(=O)c1ccccc1)C1CC1. The highest BCUT2D eigenvalue weighted by Crippen LogP contribution is 2.32. The molecule has 1 aliphatic rings. The van der Waals surface area contributed by atoms with Crippen LogP contribution in [-0.4, -0.2) is 16.9 Å². The molecule has 0 aromatic heterocycles. The first-order chi connectivity index (χ1) is 7.68. The molecule has 1 aromatic rings. The minimum atomic E-state index is -0.150. The van der Waals surface area contributed by atoms with E-state index in [0.29, 0.717) is 16.5 Å². The van der Waals surface area contributed by atoms with E-state index >= 15 is 0 Å². The summed E-state index contributed by atoms with van der Waals surface area (Å²) in [5.41, 5.74) is 6.26. The number of amides is 1. The van der Waals surface area contributed by atoms with E-state index in [1.807, 2.05) is 18.2 Å². The van der Waals surface area contributed by atoms with E-state index in [2.05, 4.69) is 5.32 Å². The highest BCUT2D eigenvalue weighted by Gasteiger charge is 2.34. The van der Waals surface area contributed by atoms with Crippen LogP contribution in [0.4, 0.5) is 0 Å². The number of thiocarbonyl (C=S) groups is 1. The van der Waals surface area contributed by atoms with Gasteiger partial charge in [-0.05, 0) is 30.9 Å². The van der Waals surface area contributed by atoms with Crippen molar-refractivity contribution in [1.82, 2.24) is 5.32 Å². The average molecular weight is 234 g/mol. The molecule has 1 saturated carbocycles. The van der Waals surface area contributed by atoms with Crippen LogP contribution in [0, 0.1) is 5.92 Å². The highest BCUT2D eigenvalue weighted by molar-refractivity contribution is 7.80. The molecule has 2 rings (SSSR count). The Morgan fingerprint density at radius 2 is 2.00 bits per heavy atom. The van der Waals surface area contributed by atoms with Crippen LogP contribution in [0.3, 0.4) is 0 Å². The number of nitrogens with two attached hydrogens (primary N) is 1. The lowest BCUT2D eigenvalue weighted by molar-refractivity contribution is 0.0944. The van der Waals surface area contributed by atoms with Crippen molar-refractivity contribution in [3.8, 4) is 0 Å². The van der Waals surface area contributed by atoms with Crippen LogP contribution in [0.2, 0.25) is 0 Å². The zero-order valence-corrected chi connectivity index (χ0v) is 9.67. The summed E-state index contributed by atoms with van der Waals surface area (Å²) in [4.78, 5) is 12.2. The number of rotatable bonds is 4. The van der Waals surface area contributed by atoms with E-state index in [0.717, 1.165) is 12.8 Å². The molecule has 0 heterocycles. The van der Waals surface area contributed by atoms with Crippen molar-refractivity contribution in [2.45, 2.75) is 18.9 Å². The predicted molar refractivity (Wildman–Crippen MR) is 67.2 cm³/mol. The Morgan fingerprint density at radius 1 is 1.38 bits per heavy atom. The van der Waals surface area contributed by atoms with E-state index in [-0.39, 0.29) is 11.9 Å². The number of benzene rings is 1. The molecule has 1 fully saturated rings. The van der Waals surface area contributed by atoms with Crippen molar-refractivity contribution >= 4 is 23.1 Å². The molecule has 3 N–H and O–H groups in total. The third-order valence-corrected chi connectivity index (χ3v) is 2.98. The molecule has 0 saturated heterocycles. The molecule has 4 heteroatoms. The Labute approximate surface area is 100 Å². The molecular formula is C12H14N2OS. The molecule has 0 radical (unpaired) electrons. The van der Waals surface area contributed by atoms with E-state index in [1.54, 1.807) is 12.1 Å². The van der Waals surface area contributed by atoms with Crippen molar-refractivity contribution < 1.29 is 4.79 Å². The number of carbonyl (C=O) groups is 1. The van der Waals surface area contributed by atoms with Crippen LogP contribution >= 0.6 is 12.2 Å². The Balaban J connectivity index is 2.03. The third kappa shape index (κ3) is 2.58. The monoisotopic (exact) mass is 234 g/mol. The summed E-state index contributed by atoms with van der Waals surface area (Å²) < 4.78 is 0. The van der Waals surface area contributed by atoms with Crippen LogP contribution in [0.15, 0.2) is 30.3 Å². The third-order valence-electron chi connectivity index (χ3n) is 2.72. The van der Waals surface area contributed by atoms with Gasteiger partial charge in [-0.3, -0.25) is 4.79 Å².